The van der Waals surface area contributed by atoms with E-state index in [1.54, 1.807) is 11.8 Å². The van der Waals surface area contributed by atoms with Gasteiger partial charge in [0.1, 0.15) is 6.61 Å². The van der Waals surface area contributed by atoms with Crippen LogP contribution in [0.5, 0.6) is 0 Å². The summed E-state index contributed by atoms with van der Waals surface area (Å²) in [5, 5.41) is 11.8. The number of alkyl carbamates (subject to hydrolysis) is 1. The van der Waals surface area contributed by atoms with E-state index in [2.05, 4.69) is 29.6 Å². The molecule has 2 N–H and O–H groups in total. The molecule has 0 aliphatic heterocycles. The zero-order valence-electron chi connectivity index (χ0n) is 20.1. The van der Waals surface area contributed by atoms with Crippen LogP contribution in [-0.4, -0.2) is 53.2 Å². The lowest BCUT2D eigenvalue weighted by Crippen LogP contribution is -2.39. The number of nitrogens with zero attached hydrogens (tertiary/aromatic N) is 1. The number of hydrogen-bond acceptors (Lipinski definition) is 4. The molecule has 0 bridgehead atoms. The molecule has 2 atom stereocenters. The molecule has 0 spiro atoms. The summed E-state index contributed by atoms with van der Waals surface area (Å²) in [4.78, 5) is 37.4. The standard InChI is InChI=1S/C27H34N2O5/c1-4-29(19(3)16-26(31)32)25(30)15-9-10-18(2)28-27(33)34-17-24-22-13-7-5-11-20(22)21-12-6-8-14-23(21)24/h5-8,11-14,18-19,24H,4,9-10,15-17H2,1-3H3,(H,28,33)(H,31,32). The fourth-order valence-corrected chi connectivity index (χ4v) is 4.71. The van der Waals surface area contributed by atoms with Crippen LogP contribution >= 0.6 is 0 Å². The number of carbonyl (C=O) groups excluding carboxylic acids is 2. The van der Waals surface area contributed by atoms with Crippen molar-refractivity contribution in [2.24, 2.45) is 0 Å². The van der Waals surface area contributed by atoms with Gasteiger partial charge in [-0.05, 0) is 55.9 Å². The lowest BCUT2D eigenvalue weighted by Gasteiger charge is -2.27. The van der Waals surface area contributed by atoms with E-state index >= 15 is 0 Å². The summed E-state index contributed by atoms with van der Waals surface area (Å²) in [5.74, 6) is -0.969. The highest BCUT2D eigenvalue weighted by Crippen LogP contribution is 2.44. The SMILES string of the molecule is CCN(C(=O)CCCC(C)NC(=O)OCC1c2ccccc2-c2ccccc21)C(C)CC(=O)O. The van der Waals surface area contributed by atoms with Crippen molar-refractivity contribution in [1.29, 1.82) is 0 Å². The zero-order valence-corrected chi connectivity index (χ0v) is 20.1. The number of carboxylic acid groups (broad SMARTS) is 1. The average molecular weight is 467 g/mol. The number of amides is 2. The number of carbonyl (C=O) groups is 3. The van der Waals surface area contributed by atoms with Gasteiger partial charge in [0, 0.05) is 31.0 Å². The van der Waals surface area contributed by atoms with Crippen LogP contribution in [0, 0.1) is 0 Å². The number of aliphatic carboxylic acids is 1. The zero-order chi connectivity index (χ0) is 24.7. The van der Waals surface area contributed by atoms with E-state index in [1.807, 2.05) is 38.1 Å². The van der Waals surface area contributed by atoms with Crippen LogP contribution in [-0.2, 0) is 14.3 Å². The smallest absolute Gasteiger partial charge is 0.407 e. The van der Waals surface area contributed by atoms with Gasteiger partial charge in [-0.3, -0.25) is 9.59 Å². The summed E-state index contributed by atoms with van der Waals surface area (Å²) in [7, 11) is 0. The molecule has 1 aliphatic rings. The number of hydrogen-bond donors (Lipinski definition) is 2. The molecule has 34 heavy (non-hydrogen) atoms. The number of rotatable bonds is 11. The van der Waals surface area contributed by atoms with Crippen LogP contribution in [0.3, 0.4) is 0 Å². The maximum atomic E-state index is 12.5. The van der Waals surface area contributed by atoms with Crippen LogP contribution in [0.2, 0.25) is 0 Å². The Kier molecular flexibility index (Phi) is 8.68. The van der Waals surface area contributed by atoms with Gasteiger partial charge in [0.2, 0.25) is 5.91 Å². The number of ether oxygens (including phenoxy) is 1. The molecule has 2 unspecified atom stereocenters. The predicted molar refractivity (Wildman–Crippen MR) is 131 cm³/mol. The lowest BCUT2D eigenvalue weighted by atomic mass is 9.98. The second-order valence-corrected chi connectivity index (χ2v) is 8.89. The summed E-state index contributed by atoms with van der Waals surface area (Å²) in [6.07, 6.45) is 1.00. The van der Waals surface area contributed by atoms with Crippen molar-refractivity contribution in [1.82, 2.24) is 10.2 Å². The molecule has 3 rings (SSSR count). The van der Waals surface area contributed by atoms with Gasteiger partial charge in [0.05, 0.1) is 6.42 Å². The molecule has 7 heteroatoms. The first-order valence-corrected chi connectivity index (χ1v) is 11.9. The van der Waals surface area contributed by atoms with E-state index in [0.717, 1.165) is 0 Å². The Labute approximate surface area is 201 Å². The third-order valence-corrected chi connectivity index (χ3v) is 6.40. The van der Waals surface area contributed by atoms with Crippen LogP contribution in [0.15, 0.2) is 48.5 Å². The van der Waals surface area contributed by atoms with Crippen molar-refractivity contribution in [3.05, 3.63) is 59.7 Å². The Morgan fingerprint density at radius 1 is 1.03 bits per heavy atom. The maximum Gasteiger partial charge on any atom is 0.407 e. The van der Waals surface area contributed by atoms with Crippen molar-refractivity contribution in [2.75, 3.05) is 13.2 Å². The van der Waals surface area contributed by atoms with Gasteiger partial charge in [-0.1, -0.05) is 48.5 Å². The third-order valence-electron chi connectivity index (χ3n) is 6.40. The molecule has 2 aromatic carbocycles. The lowest BCUT2D eigenvalue weighted by molar-refractivity contribution is -0.140. The molecule has 2 aromatic rings. The van der Waals surface area contributed by atoms with Crippen molar-refractivity contribution >= 4 is 18.0 Å². The minimum absolute atomic E-state index is 0.0129. The molecule has 1 aliphatic carbocycles. The average Bonchev–Trinajstić information content (AvgIpc) is 3.11. The highest BCUT2D eigenvalue weighted by Gasteiger charge is 2.29. The summed E-state index contributed by atoms with van der Waals surface area (Å²) in [6, 6.07) is 15.9. The van der Waals surface area contributed by atoms with Gasteiger partial charge in [0.25, 0.3) is 0 Å². The maximum absolute atomic E-state index is 12.5. The summed E-state index contributed by atoms with van der Waals surface area (Å²) in [6.45, 7) is 6.21. The van der Waals surface area contributed by atoms with Crippen molar-refractivity contribution in [3.63, 3.8) is 0 Å². The van der Waals surface area contributed by atoms with E-state index in [4.69, 9.17) is 9.84 Å². The topological polar surface area (TPSA) is 95.9 Å². The second-order valence-electron chi connectivity index (χ2n) is 8.89. The number of nitrogens with one attached hydrogen (secondary N) is 1. The highest BCUT2D eigenvalue weighted by atomic mass is 16.5. The third kappa shape index (κ3) is 6.16. The van der Waals surface area contributed by atoms with Gasteiger partial charge in [0.15, 0.2) is 0 Å². The number of fused-ring (bicyclic) bond motifs is 3. The van der Waals surface area contributed by atoms with Gasteiger partial charge < -0.3 is 20.1 Å². The Bertz CT molecular complexity index is 976. The molecular formula is C27H34N2O5. The molecular weight excluding hydrogens is 432 g/mol. The number of benzene rings is 2. The van der Waals surface area contributed by atoms with Crippen LogP contribution in [0.4, 0.5) is 4.79 Å². The molecule has 0 saturated heterocycles. The molecule has 0 aromatic heterocycles. The van der Waals surface area contributed by atoms with Crippen molar-refractivity contribution in [3.8, 4) is 11.1 Å². The molecule has 7 nitrogen and oxygen atoms in total. The van der Waals surface area contributed by atoms with E-state index in [0.29, 0.717) is 25.8 Å². The first-order valence-electron chi connectivity index (χ1n) is 11.9. The molecule has 0 fully saturated rings. The molecule has 0 heterocycles. The minimum atomic E-state index is -0.917. The summed E-state index contributed by atoms with van der Waals surface area (Å²) < 4.78 is 5.58. The summed E-state index contributed by atoms with van der Waals surface area (Å²) >= 11 is 0. The minimum Gasteiger partial charge on any atom is -0.481 e. The largest absolute Gasteiger partial charge is 0.481 e. The van der Waals surface area contributed by atoms with Gasteiger partial charge in [-0.25, -0.2) is 4.79 Å². The quantitative estimate of drug-likeness (QED) is 0.496. The van der Waals surface area contributed by atoms with Gasteiger partial charge in [-0.15, -0.1) is 0 Å². The van der Waals surface area contributed by atoms with Gasteiger partial charge in [-0.2, -0.15) is 0 Å². The molecule has 182 valence electrons. The van der Waals surface area contributed by atoms with E-state index in [-0.39, 0.29) is 36.9 Å². The van der Waals surface area contributed by atoms with Crippen molar-refractivity contribution in [2.45, 2.75) is 64.5 Å². The van der Waals surface area contributed by atoms with Crippen LogP contribution < -0.4 is 5.32 Å². The highest BCUT2D eigenvalue weighted by molar-refractivity contribution is 5.79. The van der Waals surface area contributed by atoms with Gasteiger partial charge >= 0.3 is 12.1 Å². The van der Waals surface area contributed by atoms with E-state index < -0.39 is 12.1 Å². The van der Waals surface area contributed by atoms with E-state index in [9.17, 15) is 14.4 Å². The van der Waals surface area contributed by atoms with E-state index in [1.165, 1.54) is 22.3 Å². The monoisotopic (exact) mass is 466 g/mol. The Hall–Kier alpha value is -3.35. The summed E-state index contributed by atoms with van der Waals surface area (Å²) in [5.41, 5.74) is 4.70. The Balaban J connectivity index is 1.44. The fraction of sp³-hybridized carbons (Fsp3) is 0.444. The predicted octanol–water partition coefficient (Wildman–Crippen LogP) is 4.80. The fourth-order valence-electron chi connectivity index (χ4n) is 4.71. The first kappa shape index (κ1) is 25.3. The second kappa shape index (κ2) is 11.7. The normalized spacial score (nSPS) is 14.0. The molecule has 2 amide bonds. The molecule has 0 saturated carbocycles. The Morgan fingerprint density at radius 3 is 2.18 bits per heavy atom. The molecule has 0 radical (unpaired) electrons. The first-order chi connectivity index (χ1) is 16.3. The Morgan fingerprint density at radius 2 is 1.62 bits per heavy atom. The van der Waals surface area contributed by atoms with Crippen LogP contribution in [0.1, 0.15) is 63.5 Å². The van der Waals surface area contributed by atoms with Crippen LogP contribution in [0.25, 0.3) is 11.1 Å². The van der Waals surface area contributed by atoms with Crippen molar-refractivity contribution < 1.29 is 24.2 Å². The number of carboxylic acids is 1.